The number of aromatic nitrogens is 3. The van der Waals surface area contributed by atoms with Crippen molar-refractivity contribution >= 4 is 22.8 Å². The van der Waals surface area contributed by atoms with Gasteiger partial charge < -0.3 is 26.1 Å². The van der Waals surface area contributed by atoms with E-state index < -0.39 is 0 Å². The Morgan fingerprint density at radius 2 is 2.28 bits per heavy atom. The smallest absolute Gasteiger partial charge is 0.223 e. The highest BCUT2D eigenvalue weighted by molar-refractivity contribution is 5.88. The molecule has 0 unspecified atom stereocenters. The largest absolute Gasteiger partial charge is 0.378 e. The summed E-state index contributed by atoms with van der Waals surface area (Å²) in [5.41, 5.74) is 12.5. The number of ether oxygens (including phenoxy) is 1. The SMILES string of the molecule is CO[C@@H]1CN(c2nc(N)nc3[nH]ccc23)C[C@@H]1N. The number of hydrogen-bond acceptors (Lipinski definition) is 6. The minimum absolute atomic E-state index is 0.0137. The second-order valence-electron chi connectivity index (χ2n) is 4.49. The zero-order chi connectivity index (χ0) is 12.7. The van der Waals surface area contributed by atoms with Crippen LogP contribution in [0.15, 0.2) is 12.3 Å². The van der Waals surface area contributed by atoms with E-state index in [1.165, 1.54) is 0 Å². The number of anilines is 2. The van der Waals surface area contributed by atoms with E-state index >= 15 is 0 Å². The van der Waals surface area contributed by atoms with Crippen LogP contribution >= 0.6 is 0 Å². The first-order valence-electron chi connectivity index (χ1n) is 5.83. The van der Waals surface area contributed by atoms with Gasteiger partial charge in [-0.25, -0.2) is 0 Å². The fraction of sp³-hybridized carbons (Fsp3) is 0.455. The Kier molecular flexibility index (Phi) is 2.57. The quantitative estimate of drug-likeness (QED) is 0.674. The van der Waals surface area contributed by atoms with Crippen LogP contribution in [-0.2, 0) is 4.74 Å². The normalized spacial score (nSPS) is 24.0. The van der Waals surface area contributed by atoms with Crippen LogP contribution in [0.1, 0.15) is 0 Å². The molecule has 0 spiro atoms. The third-order valence-electron chi connectivity index (χ3n) is 3.32. The summed E-state index contributed by atoms with van der Waals surface area (Å²) in [5.74, 6) is 1.07. The van der Waals surface area contributed by atoms with E-state index in [1.54, 1.807) is 7.11 Å². The van der Waals surface area contributed by atoms with Gasteiger partial charge in [0.15, 0.2) is 0 Å². The Hall–Kier alpha value is -1.86. The number of aromatic amines is 1. The molecule has 1 fully saturated rings. The van der Waals surface area contributed by atoms with Crippen molar-refractivity contribution in [3.8, 4) is 0 Å². The van der Waals surface area contributed by atoms with Gasteiger partial charge in [-0.05, 0) is 6.07 Å². The number of fused-ring (bicyclic) bond motifs is 1. The molecule has 5 N–H and O–H groups in total. The minimum atomic E-state index is -0.0137. The van der Waals surface area contributed by atoms with Crippen molar-refractivity contribution in [2.75, 3.05) is 30.8 Å². The summed E-state index contributed by atoms with van der Waals surface area (Å²) in [7, 11) is 1.67. The molecule has 96 valence electrons. The molecule has 1 saturated heterocycles. The van der Waals surface area contributed by atoms with Crippen molar-refractivity contribution in [1.82, 2.24) is 15.0 Å². The summed E-state index contributed by atoms with van der Waals surface area (Å²) in [6.45, 7) is 1.42. The van der Waals surface area contributed by atoms with E-state index in [0.717, 1.165) is 16.9 Å². The summed E-state index contributed by atoms with van der Waals surface area (Å²) in [4.78, 5) is 13.6. The maximum absolute atomic E-state index is 6.03. The van der Waals surface area contributed by atoms with E-state index in [9.17, 15) is 0 Å². The Labute approximate surface area is 104 Å². The highest BCUT2D eigenvalue weighted by Crippen LogP contribution is 2.27. The van der Waals surface area contributed by atoms with Gasteiger partial charge in [0.25, 0.3) is 0 Å². The molecule has 0 bridgehead atoms. The van der Waals surface area contributed by atoms with Crippen molar-refractivity contribution in [1.29, 1.82) is 0 Å². The van der Waals surface area contributed by atoms with Crippen LogP contribution in [0.2, 0.25) is 0 Å². The highest BCUT2D eigenvalue weighted by atomic mass is 16.5. The molecule has 2 aromatic heterocycles. The van der Waals surface area contributed by atoms with Crippen molar-refractivity contribution in [2.45, 2.75) is 12.1 Å². The zero-order valence-corrected chi connectivity index (χ0v) is 10.1. The van der Waals surface area contributed by atoms with Crippen LogP contribution < -0.4 is 16.4 Å². The molecule has 2 atom stereocenters. The Bertz CT molecular complexity index is 568. The number of nitrogen functional groups attached to an aromatic ring is 1. The lowest BCUT2D eigenvalue weighted by molar-refractivity contribution is 0.108. The number of methoxy groups -OCH3 is 1. The van der Waals surface area contributed by atoms with E-state index in [2.05, 4.69) is 19.9 Å². The van der Waals surface area contributed by atoms with Crippen molar-refractivity contribution in [2.24, 2.45) is 5.73 Å². The molecule has 1 aliphatic heterocycles. The Morgan fingerprint density at radius 1 is 1.44 bits per heavy atom. The van der Waals surface area contributed by atoms with Crippen LogP contribution in [0.4, 0.5) is 11.8 Å². The number of nitrogens with two attached hydrogens (primary N) is 2. The second-order valence-corrected chi connectivity index (χ2v) is 4.49. The van der Waals surface area contributed by atoms with Crippen LogP contribution in [0, 0.1) is 0 Å². The summed E-state index contributed by atoms with van der Waals surface area (Å²) < 4.78 is 5.35. The van der Waals surface area contributed by atoms with Gasteiger partial charge in [-0.15, -0.1) is 0 Å². The van der Waals surface area contributed by atoms with Crippen LogP contribution in [0.5, 0.6) is 0 Å². The minimum Gasteiger partial charge on any atom is -0.378 e. The fourth-order valence-electron chi connectivity index (χ4n) is 2.40. The topological polar surface area (TPSA) is 106 Å². The maximum atomic E-state index is 6.03. The third-order valence-corrected chi connectivity index (χ3v) is 3.32. The average Bonchev–Trinajstić information content (AvgIpc) is 2.93. The van der Waals surface area contributed by atoms with Crippen LogP contribution in [0.3, 0.4) is 0 Å². The van der Waals surface area contributed by atoms with Gasteiger partial charge in [0.1, 0.15) is 11.5 Å². The summed E-state index contributed by atoms with van der Waals surface area (Å²) >= 11 is 0. The zero-order valence-electron chi connectivity index (χ0n) is 10.1. The number of rotatable bonds is 2. The predicted octanol–water partition coefficient (Wildman–Crippen LogP) is -0.298. The molecule has 0 amide bonds. The van der Waals surface area contributed by atoms with E-state index in [0.29, 0.717) is 13.1 Å². The number of hydrogen-bond donors (Lipinski definition) is 3. The standard InChI is InChI=1S/C11H16N6O/c1-18-8-5-17(4-7(8)12)10-6-2-3-14-9(6)15-11(13)16-10/h2-3,7-8H,4-5,12H2,1H3,(H3,13,14,15,16)/t7-,8+/m0/s1. The lowest BCUT2D eigenvalue weighted by atomic mass is 10.2. The molecular weight excluding hydrogens is 232 g/mol. The van der Waals surface area contributed by atoms with Crippen LogP contribution in [0.25, 0.3) is 11.0 Å². The van der Waals surface area contributed by atoms with Gasteiger partial charge in [0.05, 0.1) is 17.5 Å². The Balaban J connectivity index is 2.02. The summed E-state index contributed by atoms with van der Waals surface area (Å²) in [6, 6.07) is 1.93. The molecule has 0 radical (unpaired) electrons. The van der Waals surface area contributed by atoms with Crippen molar-refractivity contribution in [3.63, 3.8) is 0 Å². The molecule has 0 saturated carbocycles. The first-order chi connectivity index (χ1) is 8.69. The van der Waals surface area contributed by atoms with Gasteiger partial charge >= 0.3 is 0 Å². The molecule has 0 aromatic carbocycles. The average molecular weight is 248 g/mol. The van der Waals surface area contributed by atoms with E-state index in [4.69, 9.17) is 16.2 Å². The fourth-order valence-corrected chi connectivity index (χ4v) is 2.40. The highest BCUT2D eigenvalue weighted by Gasteiger charge is 2.32. The number of nitrogens with zero attached hydrogens (tertiary/aromatic N) is 3. The van der Waals surface area contributed by atoms with Gasteiger partial charge in [-0.2, -0.15) is 9.97 Å². The van der Waals surface area contributed by atoms with Gasteiger partial charge in [0, 0.05) is 26.4 Å². The molecule has 2 aromatic rings. The number of H-pyrrole nitrogens is 1. The molecule has 7 heteroatoms. The Morgan fingerprint density at radius 3 is 3.00 bits per heavy atom. The van der Waals surface area contributed by atoms with Gasteiger partial charge in [0.2, 0.25) is 5.95 Å². The second kappa shape index (κ2) is 4.11. The van der Waals surface area contributed by atoms with E-state index in [1.807, 2.05) is 12.3 Å². The first kappa shape index (κ1) is 11.2. The van der Waals surface area contributed by atoms with E-state index in [-0.39, 0.29) is 18.1 Å². The lowest BCUT2D eigenvalue weighted by Crippen LogP contribution is -2.34. The first-order valence-corrected chi connectivity index (χ1v) is 5.83. The maximum Gasteiger partial charge on any atom is 0.223 e. The molecule has 3 heterocycles. The molecule has 1 aliphatic rings. The van der Waals surface area contributed by atoms with Crippen molar-refractivity contribution in [3.05, 3.63) is 12.3 Å². The molecule has 0 aliphatic carbocycles. The summed E-state index contributed by atoms with van der Waals surface area (Å²) in [6.07, 6.45) is 1.85. The third kappa shape index (κ3) is 1.68. The number of nitrogens with one attached hydrogen (secondary N) is 1. The molecule has 7 nitrogen and oxygen atoms in total. The van der Waals surface area contributed by atoms with Gasteiger partial charge in [-0.3, -0.25) is 0 Å². The molecule has 18 heavy (non-hydrogen) atoms. The predicted molar refractivity (Wildman–Crippen MR) is 69.3 cm³/mol. The lowest BCUT2D eigenvalue weighted by Gasteiger charge is -2.17. The van der Waals surface area contributed by atoms with Gasteiger partial charge in [-0.1, -0.05) is 0 Å². The molecule has 3 rings (SSSR count). The summed E-state index contributed by atoms with van der Waals surface area (Å²) in [5, 5.41) is 0.952. The van der Waals surface area contributed by atoms with Crippen LogP contribution in [-0.4, -0.2) is 47.3 Å². The monoisotopic (exact) mass is 248 g/mol. The molecular formula is C11H16N6O. The van der Waals surface area contributed by atoms with Crippen molar-refractivity contribution < 1.29 is 4.74 Å².